The van der Waals surface area contributed by atoms with Gasteiger partial charge < -0.3 is 20.6 Å². The lowest BCUT2D eigenvalue weighted by molar-refractivity contribution is -0.139. The number of carboxylic acids is 1. The van der Waals surface area contributed by atoms with Gasteiger partial charge in [-0.2, -0.15) is 0 Å². The summed E-state index contributed by atoms with van der Waals surface area (Å²) >= 11 is 0. The van der Waals surface area contributed by atoms with Gasteiger partial charge in [-0.05, 0) is 32.1 Å². The van der Waals surface area contributed by atoms with Gasteiger partial charge in [-0.1, -0.05) is 0 Å². The molecular weight excluding hydrogens is 262 g/mol. The fraction of sp³-hybridized carbons (Fsp3) is 0.769. The second-order valence-electron chi connectivity index (χ2n) is 5.91. The SMILES string of the molecule is CNC(=O)C1(C)CCN(C(=O)NC(C(=O)O)C2CC2)C1. The monoisotopic (exact) mass is 283 g/mol. The Morgan fingerprint density at radius 3 is 2.50 bits per heavy atom. The third-order valence-corrected chi connectivity index (χ3v) is 4.17. The van der Waals surface area contributed by atoms with Gasteiger partial charge in [-0.3, -0.25) is 4.79 Å². The van der Waals surface area contributed by atoms with Crippen molar-refractivity contribution in [2.75, 3.05) is 20.1 Å². The van der Waals surface area contributed by atoms with E-state index in [1.165, 1.54) is 4.90 Å². The van der Waals surface area contributed by atoms with Crippen LogP contribution in [0.15, 0.2) is 0 Å². The third-order valence-electron chi connectivity index (χ3n) is 4.17. The van der Waals surface area contributed by atoms with Crippen molar-refractivity contribution < 1.29 is 19.5 Å². The van der Waals surface area contributed by atoms with Crippen LogP contribution in [0.5, 0.6) is 0 Å². The van der Waals surface area contributed by atoms with Crippen LogP contribution in [0.4, 0.5) is 4.79 Å². The Hall–Kier alpha value is -1.79. The van der Waals surface area contributed by atoms with Gasteiger partial charge in [0.2, 0.25) is 5.91 Å². The van der Waals surface area contributed by atoms with Crippen molar-refractivity contribution in [1.82, 2.24) is 15.5 Å². The van der Waals surface area contributed by atoms with E-state index in [4.69, 9.17) is 5.11 Å². The Bertz CT molecular complexity index is 435. The van der Waals surface area contributed by atoms with E-state index in [-0.39, 0.29) is 11.8 Å². The third kappa shape index (κ3) is 2.86. The zero-order valence-electron chi connectivity index (χ0n) is 11.8. The average Bonchev–Trinajstić information content (AvgIpc) is 3.16. The molecule has 0 aromatic heterocycles. The Balaban J connectivity index is 1.94. The van der Waals surface area contributed by atoms with Crippen molar-refractivity contribution in [3.8, 4) is 0 Å². The number of hydrogen-bond donors (Lipinski definition) is 3. The van der Waals surface area contributed by atoms with Crippen LogP contribution in [-0.2, 0) is 9.59 Å². The van der Waals surface area contributed by atoms with Gasteiger partial charge in [0.15, 0.2) is 0 Å². The Labute approximate surface area is 117 Å². The molecule has 0 bridgehead atoms. The highest BCUT2D eigenvalue weighted by Gasteiger charge is 2.43. The summed E-state index contributed by atoms with van der Waals surface area (Å²) in [6, 6.07) is -1.20. The largest absolute Gasteiger partial charge is 0.480 e. The molecule has 2 aliphatic rings. The average molecular weight is 283 g/mol. The lowest BCUT2D eigenvalue weighted by Crippen LogP contribution is -2.49. The van der Waals surface area contributed by atoms with Crippen LogP contribution in [-0.4, -0.2) is 54.1 Å². The number of carbonyl (C=O) groups excluding carboxylic acids is 2. The van der Waals surface area contributed by atoms with Crippen molar-refractivity contribution in [2.24, 2.45) is 11.3 Å². The summed E-state index contributed by atoms with van der Waals surface area (Å²) in [6.45, 7) is 2.59. The van der Waals surface area contributed by atoms with Crippen LogP contribution in [0, 0.1) is 11.3 Å². The molecule has 1 saturated heterocycles. The van der Waals surface area contributed by atoms with Crippen LogP contribution in [0.25, 0.3) is 0 Å². The molecule has 7 nitrogen and oxygen atoms in total. The van der Waals surface area contributed by atoms with Crippen molar-refractivity contribution in [2.45, 2.75) is 32.2 Å². The molecular formula is C13H21N3O4. The summed E-state index contributed by atoms with van der Waals surface area (Å²) < 4.78 is 0. The normalized spacial score (nSPS) is 27.0. The zero-order valence-corrected chi connectivity index (χ0v) is 11.8. The van der Waals surface area contributed by atoms with Crippen molar-refractivity contribution in [3.63, 3.8) is 0 Å². The number of aliphatic carboxylic acids is 1. The number of carbonyl (C=O) groups is 3. The number of carboxylic acid groups (broad SMARTS) is 1. The summed E-state index contributed by atoms with van der Waals surface area (Å²) in [7, 11) is 1.57. The lowest BCUT2D eigenvalue weighted by Gasteiger charge is -2.24. The molecule has 2 rings (SSSR count). The van der Waals surface area contributed by atoms with Crippen LogP contribution < -0.4 is 10.6 Å². The summed E-state index contributed by atoms with van der Waals surface area (Å²) in [5, 5.41) is 14.3. The van der Waals surface area contributed by atoms with Crippen LogP contribution in [0.2, 0.25) is 0 Å². The van der Waals surface area contributed by atoms with E-state index in [2.05, 4.69) is 10.6 Å². The number of likely N-dealkylation sites (tertiary alicyclic amines) is 1. The highest BCUT2D eigenvalue weighted by Crippen LogP contribution is 2.34. The molecule has 0 aromatic carbocycles. The van der Waals surface area contributed by atoms with Crippen molar-refractivity contribution in [1.29, 1.82) is 0 Å². The fourth-order valence-electron chi connectivity index (χ4n) is 2.66. The standard InChI is InChI=1S/C13H21N3O4/c1-13(11(19)14-2)5-6-16(7-13)12(20)15-9(10(17)18)8-3-4-8/h8-9H,3-7H2,1-2H3,(H,14,19)(H,15,20)(H,17,18). The molecule has 2 atom stereocenters. The van der Waals surface area contributed by atoms with Crippen molar-refractivity contribution >= 4 is 17.9 Å². The van der Waals surface area contributed by atoms with Gasteiger partial charge in [0.25, 0.3) is 0 Å². The van der Waals surface area contributed by atoms with Gasteiger partial charge in [0.1, 0.15) is 6.04 Å². The van der Waals surface area contributed by atoms with E-state index in [1.807, 2.05) is 6.92 Å². The summed E-state index contributed by atoms with van der Waals surface area (Å²) in [4.78, 5) is 36.5. The first-order valence-electron chi connectivity index (χ1n) is 6.88. The van der Waals surface area contributed by atoms with Crippen LogP contribution in [0.3, 0.4) is 0 Å². The van der Waals surface area contributed by atoms with Crippen LogP contribution >= 0.6 is 0 Å². The molecule has 2 unspecified atom stereocenters. The molecule has 112 valence electrons. The number of nitrogens with one attached hydrogen (secondary N) is 2. The predicted molar refractivity (Wildman–Crippen MR) is 71.0 cm³/mol. The number of hydrogen-bond acceptors (Lipinski definition) is 3. The molecule has 3 amide bonds. The highest BCUT2D eigenvalue weighted by atomic mass is 16.4. The fourth-order valence-corrected chi connectivity index (χ4v) is 2.66. The summed E-state index contributed by atoms with van der Waals surface area (Å²) in [5.74, 6) is -1.04. The maximum atomic E-state index is 12.1. The van der Waals surface area contributed by atoms with Crippen molar-refractivity contribution in [3.05, 3.63) is 0 Å². The summed E-state index contributed by atoms with van der Waals surface area (Å²) in [5.41, 5.74) is -0.593. The van der Waals surface area contributed by atoms with Gasteiger partial charge >= 0.3 is 12.0 Å². The van der Waals surface area contributed by atoms with Gasteiger partial charge in [-0.25, -0.2) is 9.59 Å². The second-order valence-corrected chi connectivity index (χ2v) is 5.91. The highest BCUT2D eigenvalue weighted by molar-refractivity contribution is 5.86. The topological polar surface area (TPSA) is 98.7 Å². The first kappa shape index (κ1) is 14.6. The zero-order chi connectivity index (χ0) is 14.9. The molecule has 7 heteroatoms. The van der Waals surface area contributed by atoms with Gasteiger partial charge in [0.05, 0.1) is 5.41 Å². The maximum Gasteiger partial charge on any atom is 0.326 e. The number of rotatable bonds is 4. The molecule has 20 heavy (non-hydrogen) atoms. The molecule has 1 heterocycles. The van der Waals surface area contributed by atoms with Gasteiger partial charge in [0, 0.05) is 20.1 Å². The quantitative estimate of drug-likeness (QED) is 0.677. The first-order valence-corrected chi connectivity index (χ1v) is 6.88. The van der Waals surface area contributed by atoms with E-state index in [0.29, 0.717) is 19.5 Å². The Morgan fingerprint density at radius 1 is 1.35 bits per heavy atom. The predicted octanol–water partition coefficient (Wildman–Crippen LogP) is 0.0172. The smallest absolute Gasteiger partial charge is 0.326 e. The summed E-state index contributed by atoms with van der Waals surface area (Å²) in [6.07, 6.45) is 2.27. The Kier molecular flexibility index (Phi) is 3.87. The van der Waals surface area contributed by atoms with E-state index >= 15 is 0 Å². The molecule has 1 saturated carbocycles. The van der Waals surface area contributed by atoms with Gasteiger partial charge in [-0.15, -0.1) is 0 Å². The Morgan fingerprint density at radius 2 is 2.00 bits per heavy atom. The van der Waals surface area contributed by atoms with Crippen LogP contribution in [0.1, 0.15) is 26.2 Å². The lowest BCUT2D eigenvalue weighted by atomic mass is 9.89. The number of amides is 3. The first-order chi connectivity index (χ1) is 9.37. The molecule has 0 spiro atoms. The molecule has 0 aromatic rings. The molecule has 1 aliphatic heterocycles. The van der Waals surface area contributed by atoms with E-state index in [0.717, 1.165) is 12.8 Å². The molecule has 1 aliphatic carbocycles. The molecule has 2 fully saturated rings. The number of nitrogens with zero attached hydrogens (tertiary/aromatic N) is 1. The molecule has 0 radical (unpaired) electrons. The van der Waals surface area contributed by atoms with E-state index in [9.17, 15) is 14.4 Å². The molecule has 3 N–H and O–H groups in total. The number of urea groups is 1. The minimum atomic E-state index is -0.992. The minimum Gasteiger partial charge on any atom is -0.480 e. The minimum absolute atomic E-state index is 0.0457. The second kappa shape index (κ2) is 5.30. The maximum absolute atomic E-state index is 12.1. The van der Waals surface area contributed by atoms with E-state index < -0.39 is 23.5 Å². The van der Waals surface area contributed by atoms with E-state index in [1.54, 1.807) is 7.05 Å².